The quantitative estimate of drug-likeness (QED) is 0.648. The molecule has 0 spiro atoms. The highest BCUT2D eigenvalue weighted by Gasteiger charge is 2.17. The molecule has 64 valence electrons. The van der Waals surface area contributed by atoms with Gasteiger partial charge in [0.25, 0.3) is 0 Å². The number of nitrogens with two attached hydrogens (primary N) is 1. The first-order chi connectivity index (χ1) is 5.84. The van der Waals surface area contributed by atoms with Gasteiger partial charge in [0.2, 0.25) is 0 Å². The third-order valence-corrected chi connectivity index (χ3v) is 1.81. The largest absolute Gasteiger partial charge is 0.486 e. The van der Waals surface area contributed by atoms with Gasteiger partial charge in [-0.15, -0.1) is 0 Å². The minimum Gasteiger partial charge on any atom is -0.486 e. The van der Waals surface area contributed by atoms with Crippen molar-refractivity contribution in [2.24, 2.45) is 0 Å². The number of nitrogens with zero attached hydrogens (tertiary/aromatic N) is 1. The molecule has 3 N–H and O–H groups in total. The monoisotopic (exact) mass is 165 g/mol. The minimum absolute atomic E-state index is 0.301. The second-order valence-corrected chi connectivity index (χ2v) is 2.82. The number of nitrogens with one attached hydrogen (secondary N) is 1. The Labute approximate surface area is 70.7 Å². The summed E-state index contributed by atoms with van der Waals surface area (Å²) in [5.74, 6) is 1.31. The van der Waals surface area contributed by atoms with Gasteiger partial charge < -0.3 is 15.8 Å². The number of hydrogen-bond acceptors (Lipinski definition) is 4. The Morgan fingerprint density at radius 2 is 2.33 bits per heavy atom. The molecular formula is C8H11N3O. The molecule has 1 aromatic rings. The van der Waals surface area contributed by atoms with Gasteiger partial charge in [0.1, 0.15) is 17.7 Å². The first kappa shape index (κ1) is 7.36. The summed E-state index contributed by atoms with van der Waals surface area (Å²) >= 11 is 0. The fourth-order valence-electron chi connectivity index (χ4n) is 0.999. The Bertz CT molecular complexity index is 256. The summed E-state index contributed by atoms with van der Waals surface area (Å²) in [5.41, 5.74) is 5.42. The average molecular weight is 165 g/mol. The van der Waals surface area contributed by atoms with Crippen LogP contribution in [0.3, 0.4) is 0 Å². The third kappa shape index (κ3) is 1.48. The Hall–Kier alpha value is -1.29. The normalized spacial score (nSPS) is 17.0. The van der Waals surface area contributed by atoms with E-state index in [2.05, 4.69) is 10.3 Å². The third-order valence-electron chi connectivity index (χ3n) is 1.81. The summed E-state index contributed by atoms with van der Waals surface area (Å²) in [4.78, 5) is 3.92. The number of aromatic nitrogens is 1. The van der Waals surface area contributed by atoms with Crippen molar-refractivity contribution >= 4 is 5.82 Å². The van der Waals surface area contributed by atoms with Gasteiger partial charge in [0.15, 0.2) is 0 Å². The summed E-state index contributed by atoms with van der Waals surface area (Å²) in [6, 6.07) is 3.57. The van der Waals surface area contributed by atoms with E-state index in [0.717, 1.165) is 18.8 Å². The fourth-order valence-corrected chi connectivity index (χ4v) is 0.999. The van der Waals surface area contributed by atoms with Gasteiger partial charge in [0.05, 0.1) is 6.20 Å². The van der Waals surface area contributed by atoms with Crippen LogP contribution in [0.4, 0.5) is 5.82 Å². The second-order valence-electron chi connectivity index (χ2n) is 2.82. The van der Waals surface area contributed by atoms with E-state index in [1.807, 2.05) is 6.07 Å². The highest BCUT2D eigenvalue weighted by atomic mass is 16.5. The highest BCUT2D eigenvalue weighted by molar-refractivity contribution is 5.32. The maximum atomic E-state index is 5.52. The molecule has 2 heterocycles. The number of anilines is 1. The van der Waals surface area contributed by atoms with Crippen LogP contribution < -0.4 is 15.8 Å². The van der Waals surface area contributed by atoms with E-state index in [9.17, 15) is 0 Å². The van der Waals surface area contributed by atoms with Gasteiger partial charge in [-0.3, -0.25) is 0 Å². The minimum atomic E-state index is 0.301. The standard InChI is InChI=1S/C8H11N3O/c9-8-2-1-6(5-11-8)12-7-3-10-4-7/h1-2,5,7,10H,3-4H2,(H2,9,11). The summed E-state index contributed by atoms with van der Waals surface area (Å²) in [7, 11) is 0. The van der Waals surface area contributed by atoms with Crippen molar-refractivity contribution in [3.63, 3.8) is 0 Å². The molecule has 0 aliphatic carbocycles. The molecule has 4 nitrogen and oxygen atoms in total. The number of pyridine rings is 1. The van der Waals surface area contributed by atoms with E-state index < -0.39 is 0 Å². The van der Waals surface area contributed by atoms with Gasteiger partial charge in [-0.25, -0.2) is 4.98 Å². The van der Waals surface area contributed by atoms with Crippen LogP contribution in [0.5, 0.6) is 5.75 Å². The predicted molar refractivity (Wildman–Crippen MR) is 45.9 cm³/mol. The molecule has 0 radical (unpaired) electrons. The molecule has 0 amide bonds. The molecule has 0 atom stereocenters. The zero-order valence-corrected chi connectivity index (χ0v) is 6.66. The number of hydrogen-bond donors (Lipinski definition) is 2. The summed E-state index contributed by atoms with van der Waals surface area (Å²) < 4.78 is 5.52. The molecule has 0 aromatic carbocycles. The van der Waals surface area contributed by atoms with Crippen LogP contribution in [-0.4, -0.2) is 24.2 Å². The number of ether oxygens (including phenoxy) is 1. The molecule has 2 rings (SSSR count). The first-order valence-electron chi connectivity index (χ1n) is 3.93. The van der Waals surface area contributed by atoms with Crippen LogP contribution in [0, 0.1) is 0 Å². The summed E-state index contributed by atoms with van der Waals surface area (Å²) in [6.45, 7) is 1.84. The van der Waals surface area contributed by atoms with Crippen LogP contribution in [0.2, 0.25) is 0 Å². The Balaban J connectivity index is 1.98. The molecule has 1 aliphatic rings. The van der Waals surface area contributed by atoms with Crippen molar-refractivity contribution in [1.82, 2.24) is 10.3 Å². The maximum Gasteiger partial charge on any atom is 0.138 e. The van der Waals surface area contributed by atoms with E-state index in [-0.39, 0.29) is 0 Å². The highest BCUT2D eigenvalue weighted by Crippen LogP contribution is 2.13. The average Bonchev–Trinajstić information content (AvgIpc) is 2.00. The van der Waals surface area contributed by atoms with Gasteiger partial charge in [-0.05, 0) is 12.1 Å². The zero-order chi connectivity index (χ0) is 8.39. The molecule has 4 heteroatoms. The van der Waals surface area contributed by atoms with Crippen LogP contribution in [0.1, 0.15) is 0 Å². The molecule has 1 aromatic heterocycles. The van der Waals surface area contributed by atoms with Crippen LogP contribution in [0.15, 0.2) is 18.3 Å². The van der Waals surface area contributed by atoms with Crippen molar-refractivity contribution in [3.8, 4) is 5.75 Å². The van der Waals surface area contributed by atoms with Gasteiger partial charge in [-0.2, -0.15) is 0 Å². The van der Waals surface area contributed by atoms with Crippen molar-refractivity contribution < 1.29 is 4.74 Å². The number of nitrogen functional groups attached to an aromatic ring is 1. The van der Waals surface area contributed by atoms with Crippen molar-refractivity contribution in [2.75, 3.05) is 18.8 Å². The van der Waals surface area contributed by atoms with Crippen LogP contribution >= 0.6 is 0 Å². The second kappa shape index (κ2) is 2.98. The van der Waals surface area contributed by atoms with Crippen molar-refractivity contribution in [3.05, 3.63) is 18.3 Å². The molecule has 0 bridgehead atoms. The smallest absolute Gasteiger partial charge is 0.138 e. The molecule has 0 saturated carbocycles. The van der Waals surface area contributed by atoms with E-state index in [1.165, 1.54) is 0 Å². The van der Waals surface area contributed by atoms with Crippen LogP contribution in [0.25, 0.3) is 0 Å². The Kier molecular flexibility index (Phi) is 1.83. The lowest BCUT2D eigenvalue weighted by Crippen LogP contribution is -2.50. The van der Waals surface area contributed by atoms with E-state index in [1.54, 1.807) is 12.3 Å². The molecular weight excluding hydrogens is 154 g/mol. The molecule has 0 unspecified atom stereocenters. The SMILES string of the molecule is Nc1ccc(OC2CNC2)cn1. The summed E-state index contributed by atoms with van der Waals surface area (Å²) in [5, 5.41) is 3.12. The van der Waals surface area contributed by atoms with Crippen LogP contribution in [-0.2, 0) is 0 Å². The van der Waals surface area contributed by atoms with Crippen molar-refractivity contribution in [2.45, 2.75) is 6.10 Å². The van der Waals surface area contributed by atoms with Gasteiger partial charge >= 0.3 is 0 Å². The van der Waals surface area contributed by atoms with E-state index >= 15 is 0 Å². The van der Waals surface area contributed by atoms with E-state index in [0.29, 0.717) is 11.9 Å². The lowest BCUT2D eigenvalue weighted by molar-refractivity contribution is 0.142. The zero-order valence-electron chi connectivity index (χ0n) is 6.66. The summed E-state index contributed by atoms with van der Waals surface area (Å²) in [6.07, 6.45) is 1.95. The predicted octanol–water partition coefficient (Wildman–Crippen LogP) is 0.0144. The van der Waals surface area contributed by atoms with E-state index in [4.69, 9.17) is 10.5 Å². The Morgan fingerprint density at radius 1 is 1.50 bits per heavy atom. The Morgan fingerprint density at radius 3 is 2.83 bits per heavy atom. The lowest BCUT2D eigenvalue weighted by Gasteiger charge is -2.27. The maximum absolute atomic E-state index is 5.52. The topological polar surface area (TPSA) is 60.2 Å². The first-order valence-corrected chi connectivity index (χ1v) is 3.93. The molecule has 1 aliphatic heterocycles. The molecule has 1 saturated heterocycles. The molecule has 1 fully saturated rings. The fraction of sp³-hybridized carbons (Fsp3) is 0.375. The van der Waals surface area contributed by atoms with Crippen molar-refractivity contribution in [1.29, 1.82) is 0 Å². The molecule has 12 heavy (non-hydrogen) atoms. The van der Waals surface area contributed by atoms with Gasteiger partial charge in [0, 0.05) is 13.1 Å². The number of rotatable bonds is 2. The lowest BCUT2D eigenvalue weighted by atomic mass is 10.2. The van der Waals surface area contributed by atoms with Gasteiger partial charge in [-0.1, -0.05) is 0 Å².